The van der Waals surface area contributed by atoms with Gasteiger partial charge in [-0.2, -0.15) is 0 Å². The van der Waals surface area contributed by atoms with Crippen molar-refractivity contribution in [3.8, 4) is 0 Å². The van der Waals surface area contributed by atoms with Crippen LogP contribution in [0.5, 0.6) is 0 Å². The maximum atomic E-state index is 11.0. The molecular weight excluding hydrogens is 270 g/mol. The number of rotatable bonds is 6. The Labute approximate surface area is 115 Å². The molecule has 5 nitrogen and oxygen atoms in total. The largest absolute Gasteiger partial charge is 0.392 e. The predicted octanol–water partition coefficient (Wildman–Crippen LogP) is -0.287. The number of nitrogens with zero attached hydrogens (tertiary/aromatic N) is 2. The smallest absolute Gasteiger partial charge is 0.147 e. The molecule has 1 heterocycles. The van der Waals surface area contributed by atoms with Gasteiger partial charge in [-0.15, -0.1) is 0 Å². The monoisotopic (exact) mass is 293 g/mol. The molecule has 0 aliphatic carbocycles. The summed E-state index contributed by atoms with van der Waals surface area (Å²) in [6.45, 7) is 6.67. The average molecular weight is 293 g/mol. The van der Waals surface area contributed by atoms with E-state index in [2.05, 4.69) is 9.80 Å². The quantitative estimate of drug-likeness (QED) is 0.679. The molecule has 0 aromatic heterocycles. The summed E-state index contributed by atoms with van der Waals surface area (Å²) < 4.78 is 22.1. The third-order valence-corrected chi connectivity index (χ3v) is 4.73. The Morgan fingerprint density at radius 1 is 1.33 bits per heavy atom. The van der Waals surface area contributed by atoms with Gasteiger partial charge in [0, 0.05) is 32.4 Å². The van der Waals surface area contributed by atoms with Crippen LogP contribution in [0, 0.1) is 0 Å². The van der Waals surface area contributed by atoms with Gasteiger partial charge in [0.25, 0.3) is 0 Å². The molecule has 1 rings (SSSR count). The lowest BCUT2D eigenvalue weighted by Gasteiger charge is -2.37. The predicted molar refractivity (Wildman–Crippen MR) is 78.6 cm³/mol. The molecule has 18 heavy (non-hydrogen) atoms. The Morgan fingerprint density at radius 2 is 1.89 bits per heavy atom. The van der Waals surface area contributed by atoms with E-state index in [1.807, 2.05) is 6.92 Å². The number of nitrogens with two attached hydrogens (primary N) is 1. The maximum Gasteiger partial charge on any atom is 0.147 e. The highest BCUT2D eigenvalue weighted by molar-refractivity contribution is 7.90. The molecule has 0 aromatic rings. The first kappa shape index (κ1) is 15.8. The highest BCUT2D eigenvalue weighted by Crippen LogP contribution is 2.07. The highest BCUT2D eigenvalue weighted by atomic mass is 32.2. The van der Waals surface area contributed by atoms with Gasteiger partial charge in [0.15, 0.2) is 0 Å². The van der Waals surface area contributed by atoms with E-state index in [0.29, 0.717) is 11.4 Å². The van der Waals surface area contributed by atoms with Crippen LogP contribution in [0.3, 0.4) is 0 Å². The average Bonchev–Trinajstić information content (AvgIpc) is 2.27. The number of hydrogen-bond donors (Lipinski definition) is 1. The molecule has 2 N–H and O–H groups in total. The summed E-state index contributed by atoms with van der Waals surface area (Å²) in [6, 6.07) is 0.151. The second kappa shape index (κ2) is 6.79. The van der Waals surface area contributed by atoms with E-state index >= 15 is 0 Å². The second-order valence-electron chi connectivity index (χ2n) is 4.94. The van der Waals surface area contributed by atoms with E-state index in [-0.39, 0.29) is 11.8 Å². The normalized spacial score (nSPS) is 20.8. The third-order valence-electron chi connectivity index (χ3n) is 3.36. The molecule has 0 spiro atoms. The highest BCUT2D eigenvalue weighted by Gasteiger charge is 2.22. The number of piperazine rings is 1. The van der Waals surface area contributed by atoms with Crippen LogP contribution < -0.4 is 5.73 Å². The van der Waals surface area contributed by atoms with Gasteiger partial charge in [0.1, 0.15) is 9.84 Å². The van der Waals surface area contributed by atoms with Crippen LogP contribution in [0.15, 0.2) is 0 Å². The number of hydrogen-bond acceptors (Lipinski definition) is 5. The van der Waals surface area contributed by atoms with Crippen molar-refractivity contribution < 1.29 is 8.42 Å². The summed E-state index contributed by atoms with van der Waals surface area (Å²) in [6.07, 6.45) is 2.00. The van der Waals surface area contributed by atoms with Crippen molar-refractivity contribution in [2.45, 2.75) is 19.4 Å². The Bertz CT molecular complexity index is 376. The van der Waals surface area contributed by atoms with Crippen LogP contribution in [0.2, 0.25) is 0 Å². The van der Waals surface area contributed by atoms with Gasteiger partial charge in [-0.05, 0) is 19.9 Å². The Morgan fingerprint density at radius 3 is 2.33 bits per heavy atom. The van der Waals surface area contributed by atoms with Crippen molar-refractivity contribution in [1.29, 1.82) is 0 Å². The SMILES string of the molecule is CC(C(N)=S)N1CCN(CCCS(C)(=O)=O)CC1. The minimum Gasteiger partial charge on any atom is -0.392 e. The molecule has 0 saturated carbocycles. The van der Waals surface area contributed by atoms with Crippen molar-refractivity contribution in [1.82, 2.24) is 9.80 Å². The van der Waals surface area contributed by atoms with Crippen molar-refractivity contribution in [2.75, 3.05) is 44.7 Å². The molecule has 0 bridgehead atoms. The summed E-state index contributed by atoms with van der Waals surface area (Å²) in [4.78, 5) is 5.11. The van der Waals surface area contributed by atoms with Gasteiger partial charge in [0.2, 0.25) is 0 Å². The fourth-order valence-electron chi connectivity index (χ4n) is 2.10. The third kappa shape index (κ3) is 5.60. The van der Waals surface area contributed by atoms with E-state index in [4.69, 9.17) is 18.0 Å². The minimum absolute atomic E-state index is 0.151. The summed E-state index contributed by atoms with van der Waals surface area (Å²) in [5.41, 5.74) is 5.64. The summed E-state index contributed by atoms with van der Waals surface area (Å²) in [7, 11) is -2.83. The van der Waals surface area contributed by atoms with Crippen LogP contribution in [0.4, 0.5) is 0 Å². The lowest BCUT2D eigenvalue weighted by Crippen LogP contribution is -2.52. The van der Waals surface area contributed by atoms with Crippen LogP contribution >= 0.6 is 12.2 Å². The number of sulfone groups is 1. The van der Waals surface area contributed by atoms with Gasteiger partial charge in [-0.25, -0.2) is 8.42 Å². The van der Waals surface area contributed by atoms with Crippen molar-refractivity contribution in [3.63, 3.8) is 0 Å². The molecule has 1 atom stereocenters. The molecule has 0 amide bonds. The lowest BCUT2D eigenvalue weighted by molar-refractivity contribution is 0.123. The fourth-order valence-corrected chi connectivity index (χ4v) is 2.91. The Hall–Kier alpha value is -0.240. The zero-order valence-electron chi connectivity index (χ0n) is 11.1. The molecule has 1 saturated heterocycles. The van der Waals surface area contributed by atoms with E-state index < -0.39 is 9.84 Å². The zero-order chi connectivity index (χ0) is 13.8. The van der Waals surface area contributed by atoms with Gasteiger partial charge in [-0.3, -0.25) is 4.90 Å². The topological polar surface area (TPSA) is 66.6 Å². The van der Waals surface area contributed by atoms with Gasteiger partial charge < -0.3 is 10.6 Å². The van der Waals surface area contributed by atoms with Gasteiger partial charge in [-0.1, -0.05) is 12.2 Å². The molecule has 0 radical (unpaired) electrons. The maximum absolute atomic E-state index is 11.0. The minimum atomic E-state index is -2.83. The van der Waals surface area contributed by atoms with E-state index in [9.17, 15) is 8.42 Å². The van der Waals surface area contributed by atoms with Gasteiger partial charge in [0.05, 0.1) is 16.8 Å². The van der Waals surface area contributed by atoms with Crippen LogP contribution in [-0.2, 0) is 9.84 Å². The first-order chi connectivity index (χ1) is 8.29. The van der Waals surface area contributed by atoms with Crippen LogP contribution in [0.1, 0.15) is 13.3 Å². The molecule has 7 heteroatoms. The second-order valence-corrected chi connectivity index (χ2v) is 7.67. The van der Waals surface area contributed by atoms with Crippen LogP contribution in [-0.4, -0.2) is 74.0 Å². The molecule has 1 fully saturated rings. The first-order valence-corrected chi connectivity index (χ1v) is 8.70. The van der Waals surface area contributed by atoms with E-state index in [0.717, 1.165) is 32.7 Å². The van der Waals surface area contributed by atoms with E-state index in [1.165, 1.54) is 6.26 Å². The molecule has 1 aliphatic rings. The first-order valence-electron chi connectivity index (χ1n) is 6.23. The van der Waals surface area contributed by atoms with Gasteiger partial charge >= 0.3 is 0 Å². The van der Waals surface area contributed by atoms with Crippen molar-refractivity contribution >= 4 is 27.0 Å². The zero-order valence-corrected chi connectivity index (χ0v) is 12.8. The molecule has 106 valence electrons. The summed E-state index contributed by atoms with van der Waals surface area (Å²) in [5, 5.41) is 0. The molecular formula is C11H23N3O2S2. The van der Waals surface area contributed by atoms with Crippen LogP contribution in [0.25, 0.3) is 0 Å². The summed E-state index contributed by atoms with van der Waals surface area (Å²) in [5.74, 6) is 0.274. The standard InChI is InChI=1S/C11H23N3O2S2/c1-10(11(12)17)14-7-5-13(6-8-14)4-3-9-18(2,15)16/h10H,3-9H2,1-2H3,(H2,12,17). The Kier molecular flexibility index (Phi) is 5.97. The lowest BCUT2D eigenvalue weighted by atomic mass is 10.2. The molecule has 1 aliphatic heterocycles. The van der Waals surface area contributed by atoms with Crippen molar-refractivity contribution in [3.05, 3.63) is 0 Å². The fraction of sp³-hybridized carbons (Fsp3) is 0.909. The van der Waals surface area contributed by atoms with E-state index in [1.54, 1.807) is 0 Å². The van der Waals surface area contributed by atoms with Crippen molar-refractivity contribution in [2.24, 2.45) is 5.73 Å². The molecule has 1 unspecified atom stereocenters. The molecule has 0 aromatic carbocycles. The summed E-state index contributed by atoms with van der Waals surface area (Å²) >= 11 is 5.00. The number of thiocarbonyl (C=S) groups is 1. The Balaban J connectivity index is 2.25.